The molecule has 30 heavy (non-hydrogen) atoms. The van der Waals surface area contributed by atoms with Crippen LogP contribution < -0.4 is 15.8 Å². The van der Waals surface area contributed by atoms with Crippen molar-refractivity contribution in [2.45, 2.75) is 31.2 Å². The van der Waals surface area contributed by atoms with Crippen molar-refractivity contribution in [1.29, 1.82) is 0 Å². The van der Waals surface area contributed by atoms with E-state index in [0.29, 0.717) is 18.5 Å². The van der Waals surface area contributed by atoms with Crippen LogP contribution in [0.25, 0.3) is 11.1 Å². The highest BCUT2D eigenvalue weighted by molar-refractivity contribution is 7.89. The molecule has 0 bridgehead atoms. The van der Waals surface area contributed by atoms with Crippen molar-refractivity contribution in [2.75, 3.05) is 6.54 Å². The van der Waals surface area contributed by atoms with Crippen LogP contribution in [0.5, 0.6) is 0 Å². The predicted molar refractivity (Wildman–Crippen MR) is 114 cm³/mol. The van der Waals surface area contributed by atoms with Crippen LogP contribution in [0.2, 0.25) is 0 Å². The summed E-state index contributed by atoms with van der Waals surface area (Å²) >= 11 is 0. The maximum atomic E-state index is 12.9. The van der Waals surface area contributed by atoms with Gasteiger partial charge in [-0.2, -0.15) is 4.72 Å². The van der Waals surface area contributed by atoms with Gasteiger partial charge >= 0.3 is 5.76 Å². The van der Waals surface area contributed by atoms with E-state index in [4.69, 9.17) is 4.42 Å². The highest BCUT2D eigenvalue weighted by Gasteiger charge is 2.28. The fourth-order valence-corrected chi connectivity index (χ4v) is 4.45. The largest absolute Gasteiger partial charge is 0.419 e. The lowest BCUT2D eigenvalue weighted by atomic mass is 10.0. The number of fused-ring (bicyclic) bond motifs is 1. The van der Waals surface area contributed by atoms with Gasteiger partial charge in [0.05, 0.1) is 10.4 Å². The smallest absolute Gasteiger partial charge is 0.408 e. The van der Waals surface area contributed by atoms with Crippen molar-refractivity contribution in [2.24, 2.45) is 13.0 Å². The number of sulfonamides is 1. The lowest BCUT2D eigenvalue weighted by molar-refractivity contribution is -0.123. The maximum Gasteiger partial charge on any atom is 0.419 e. The number of hydrogen-bond acceptors (Lipinski definition) is 5. The number of nitrogens with one attached hydrogen (secondary N) is 2. The Kier molecular flexibility index (Phi) is 6.42. The first-order chi connectivity index (χ1) is 14.2. The van der Waals surface area contributed by atoms with Crippen LogP contribution in [0.3, 0.4) is 0 Å². The third-order valence-electron chi connectivity index (χ3n) is 4.86. The summed E-state index contributed by atoms with van der Waals surface area (Å²) in [6, 6.07) is 12.9. The van der Waals surface area contributed by atoms with E-state index in [9.17, 15) is 18.0 Å². The Morgan fingerprint density at radius 1 is 1.13 bits per heavy atom. The van der Waals surface area contributed by atoms with E-state index in [1.165, 1.54) is 29.8 Å². The van der Waals surface area contributed by atoms with Crippen LogP contribution in [0.15, 0.2) is 62.6 Å². The Morgan fingerprint density at radius 2 is 1.83 bits per heavy atom. The summed E-state index contributed by atoms with van der Waals surface area (Å²) in [5.74, 6) is -1.24. The minimum absolute atomic E-state index is 0.0768. The third kappa shape index (κ3) is 4.80. The minimum atomic E-state index is -4.00. The molecular weight excluding hydrogens is 406 g/mol. The number of carbonyl (C=O) groups is 1. The molecular formula is C21H25N3O5S. The van der Waals surface area contributed by atoms with E-state index in [-0.39, 0.29) is 16.4 Å². The molecule has 0 spiro atoms. The first-order valence-electron chi connectivity index (χ1n) is 9.62. The summed E-state index contributed by atoms with van der Waals surface area (Å²) < 4.78 is 34.6. The third-order valence-corrected chi connectivity index (χ3v) is 6.30. The average molecular weight is 432 g/mol. The quantitative estimate of drug-likeness (QED) is 0.565. The van der Waals surface area contributed by atoms with Crippen LogP contribution in [-0.2, 0) is 28.3 Å². The average Bonchev–Trinajstić information content (AvgIpc) is 3.00. The molecule has 1 heterocycles. The Balaban J connectivity index is 1.73. The molecule has 0 saturated heterocycles. The van der Waals surface area contributed by atoms with Crippen LogP contribution in [0, 0.1) is 5.92 Å². The second kappa shape index (κ2) is 8.85. The van der Waals surface area contributed by atoms with E-state index in [0.717, 1.165) is 5.56 Å². The van der Waals surface area contributed by atoms with Gasteiger partial charge in [0.2, 0.25) is 15.9 Å². The van der Waals surface area contributed by atoms with Crippen molar-refractivity contribution in [1.82, 2.24) is 14.6 Å². The van der Waals surface area contributed by atoms with E-state index in [2.05, 4.69) is 10.0 Å². The van der Waals surface area contributed by atoms with Crippen molar-refractivity contribution < 1.29 is 17.6 Å². The number of oxazole rings is 1. The van der Waals surface area contributed by atoms with Gasteiger partial charge in [-0.3, -0.25) is 9.36 Å². The number of rotatable bonds is 8. The SMILES string of the molecule is CC(C)C(NS(=O)(=O)c1ccc2c(c1)oc(=O)n2C)C(=O)NCCc1ccccc1. The molecule has 9 heteroatoms. The monoisotopic (exact) mass is 431 g/mol. The summed E-state index contributed by atoms with van der Waals surface area (Å²) in [6.45, 7) is 3.93. The van der Waals surface area contributed by atoms with Gasteiger partial charge in [-0.15, -0.1) is 0 Å². The van der Waals surface area contributed by atoms with Crippen LogP contribution in [-0.4, -0.2) is 31.5 Å². The lowest BCUT2D eigenvalue weighted by Crippen LogP contribution is -2.49. The molecule has 0 fully saturated rings. The molecule has 0 aliphatic heterocycles. The molecule has 8 nitrogen and oxygen atoms in total. The normalized spacial score (nSPS) is 12.9. The number of hydrogen-bond donors (Lipinski definition) is 2. The van der Waals surface area contributed by atoms with Crippen molar-refractivity contribution >= 4 is 27.0 Å². The maximum absolute atomic E-state index is 12.9. The molecule has 0 radical (unpaired) electrons. The van der Waals surface area contributed by atoms with E-state index < -0.39 is 27.7 Å². The second-order valence-electron chi connectivity index (χ2n) is 7.43. The fourth-order valence-electron chi connectivity index (χ4n) is 3.09. The van der Waals surface area contributed by atoms with Gasteiger partial charge in [0.25, 0.3) is 0 Å². The summed E-state index contributed by atoms with van der Waals surface area (Å²) in [6.07, 6.45) is 0.647. The summed E-state index contributed by atoms with van der Waals surface area (Å²) in [4.78, 5) is 24.2. The lowest BCUT2D eigenvalue weighted by Gasteiger charge is -2.21. The number of aromatic nitrogens is 1. The second-order valence-corrected chi connectivity index (χ2v) is 9.14. The van der Waals surface area contributed by atoms with Crippen LogP contribution in [0.4, 0.5) is 0 Å². The predicted octanol–water partition coefficient (Wildman–Crippen LogP) is 1.79. The van der Waals surface area contributed by atoms with Crippen molar-refractivity contribution in [3.8, 4) is 0 Å². The summed E-state index contributed by atoms with van der Waals surface area (Å²) in [5.41, 5.74) is 1.73. The van der Waals surface area contributed by atoms with Gasteiger partial charge in [-0.1, -0.05) is 44.2 Å². The molecule has 3 aromatic rings. The molecule has 1 aromatic heterocycles. The van der Waals surface area contributed by atoms with Crippen molar-refractivity contribution in [3.05, 3.63) is 64.6 Å². The van der Waals surface area contributed by atoms with Crippen LogP contribution >= 0.6 is 0 Å². The zero-order valence-corrected chi connectivity index (χ0v) is 17.9. The number of aryl methyl sites for hydroxylation is 1. The Bertz CT molecular complexity index is 1200. The zero-order valence-electron chi connectivity index (χ0n) is 17.1. The highest BCUT2D eigenvalue weighted by atomic mass is 32.2. The number of carbonyl (C=O) groups excluding carboxylic acids is 1. The molecule has 3 rings (SSSR count). The molecule has 1 amide bonds. The van der Waals surface area contributed by atoms with E-state index >= 15 is 0 Å². The van der Waals surface area contributed by atoms with Gasteiger partial charge in [0, 0.05) is 19.7 Å². The van der Waals surface area contributed by atoms with Gasteiger partial charge in [-0.25, -0.2) is 13.2 Å². The molecule has 1 unspecified atom stereocenters. The van der Waals surface area contributed by atoms with Gasteiger partial charge in [0.1, 0.15) is 6.04 Å². The van der Waals surface area contributed by atoms with Gasteiger partial charge < -0.3 is 9.73 Å². The zero-order chi connectivity index (χ0) is 21.9. The molecule has 2 N–H and O–H groups in total. The first-order valence-corrected chi connectivity index (χ1v) is 11.1. The van der Waals surface area contributed by atoms with Gasteiger partial charge in [-0.05, 0) is 30.0 Å². The molecule has 0 aliphatic rings. The molecule has 2 aromatic carbocycles. The molecule has 1 atom stereocenters. The Morgan fingerprint density at radius 3 is 2.50 bits per heavy atom. The summed E-state index contributed by atoms with van der Waals surface area (Å²) in [5, 5.41) is 2.80. The topological polar surface area (TPSA) is 110 Å². The molecule has 0 aliphatic carbocycles. The van der Waals surface area contributed by atoms with Gasteiger partial charge in [0.15, 0.2) is 5.58 Å². The highest BCUT2D eigenvalue weighted by Crippen LogP contribution is 2.19. The fraction of sp³-hybridized carbons (Fsp3) is 0.333. The molecule has 160 valence electrons. The van der Waals surface area contributed by atoms with E-state index in [1.54, 1.807) is 13.8 Å². The number of amides is 1. The summed E-state index contributed by atoms with van der Waals surface area (Å²) in [7, 11) is -2.47. The molecule has 0 saturated carbocycles. The Labute approximate surface area is 174 Å². The van der Waals surface area contributed by atoms with Crippen molar-refractivity contribution in [3.63, 3.8) is 0 Å². The number of nitrogens with zero attached hydrogens (tertiary/aromatic N) is 1. The van der Waals surface area contributed by atoms with Crippen LogP contribution in [0.1, 0.15) is 19.4 Å². The Hall–Kier alpha value is -2.91. The van der Waals surface area contributed by atoms with E-state index in [1.807, 2.05) is 30.3 Å². The minimum Gasteiger partial charge on any atom is -0.408 e. The standard InChI is InChI=1S/C21H25N3O5S/c1-14(2)19(20(25)22-12-11-15-7-5-4-6-8-15)23-30(27,28)16-9-10-17-18(13-16)29-21(26)24(17)3/h4-10,13-14,19,23H,11-12H2,1-3H3,(H,22,25). The number of benzene rings is 2. The first kappa shape index (κ1) is 21.8.